The highest BCUT2D eigenvalue weighted by Crippen LogP contribution is 2.31. The summed E-state index contributed by atoms with van der Waals surface area (Å²) >= 11 is 3.49. The first kappa shape index (κ1) is 6.78. The summed E-state index contributed by atoms with van der Waals surface area (Å²) in [5, 5.41) is 9.32. The summed E-state index contributed by atoms with van der Waals surface area (Å²) in [7, 11) is 0. The van der Waals surface area contributed by atoms with Gasteiger partial charge in [-0.2, -0.15) is 11.8 Å². The zero-order valence-electron chi connectivity index (χ0n) is 4.89. The third kappa shape index (κ3) is 1.88. The van der Waals surface area contributed by atoms with Gasteiger partial charge in [0.15, 0.2) is 0 Å². The van der Waals surface area contributed by atoms with E-state index in [-0.39, 0.29) is 0 Å². The second-order valence-electron chi connectivity index (χ2n) is 2.08. The molecule has 1 fully saturated rings. The standard InChI is InChI=1S/C5H10OS2/c1-5(6)4-7-2-3-8-5/h6H,2-4H2,1H3. The first-order chi connectivity index (χ1) is 3.71. The van der Waals surface area contributed by atoms with Crippen molar-refractivity contribution in [2.45, 2.75) is 11.9 Å². The SMILES string of the molecule is CC1(O)CSCCS1. The predicted molar refractivity (Wildman–Crippen MR) is 40.4 cm³/mol. The fourth-order valence-corrected chi connectivity index (χ4v) is 2.97. The molecule has 48 valence electrons. The first-order valence-corrected chi connectivity index (χ1v) is 4.79. The lowest BCUT2D eigenvalue weighted by molar-refractivity contribution is 0.183. The van der Waals surface area contributed by atoms with Gasteiger partial charge in [0.25, 0.3) is 0 Å². The van der Waals surface area contributed by atoms with E-state index in [0.717, 1.165) is 11.5 Å². The minimum Gasteiger partial charge on any atom is -0.379 e. The maximum atomic E-state index is 9.32. The number of rotatable bonds is 0. The number of hydrogen-bond donors (Lipinski definition) is 1. The van der Waals surface area contributed by atoms with Crippen LogP contribution in [0, 0.1) is 0 Å². The van der Waals surface area contributed by atoms with Crippen molar-refractivity contribution in [1.82, 2.24) is 0 Å². The van der Waals surface area contributed by atoms with Crippen molar-refractivity contribution >= 4 is 23.5 Å². The van der Waals surface area contributed by atoms with Crippen molar-refractivity contribution in [1.29, 1.82) is 0 Å². The summed E-state index contributed by atoms with van der Waals surface area (Å²) in [6.07, 6.45) is 0. The fourth-order valence-electron chi connectivity index (χ4n) is 0.624. The number of hydrogen-bond acceptors (Lipinski definition) is 3. The number of thioether (sulfide) groups is 2. The molecule has 0 aromatic heterocycles. The fraction of sp³-hybridized carbons (Fsp3) is 1.00. The average Bonchev–Trinajstić information content (AvgIpc) is 1.65. The maximum Gasteiger partial charge on any atom is 0.116 e. The molecule has 0 spiro atoms. The highest BCUT2D eigenvalue weighted by atomic mass is 32.2. The van der Waals surface area contributed by atoms with E-state index in [9.17, 15) is 5.11 Å². The van der Waals surface area contributed by atoms with Gasteiger partial charge < -0.3 is 5.11 Å². The molecule has 1 unspecified atom stereocenters. The van der Waals surface area contributed by atoms with Gasteiger partial charge in [-0.1, -0.05) is 0 Å². The lowest BCUT2D eigenvalue weighted by Gasteiger charge is -2.26. The predicted octanol–water partition coefficient (Wildman–Crippen LogP) is 1.17. The van der Waals surface area contributed by atoms with Crippen molar-refractivity contribution in [3.63, 3.8) is 0 Å². The van der Waals surface area contributed by atoms with E-state index < -0.39 is 4.93 Å². The van der Waals surface area contributed by atoms with Crippen molar-refractivity contribution < 1.29 is 5.11 Å². The summed E-state index contributed by atoms with van der Waals surface area (Å²) < 4.78 is 0. The minimum atomic E-state index is -0.442. The molecular formula is C5H10OS2. The van der Waals surface area contributed by atoms with Gasteiger partial charge >= 0.3 is 0 Å². The van der Waals surface area contributed by atoms with Gasteiger partial charge in [0, 0.05) is 17.3 Å². The van der Waals surface area contributed by atoms with Gasteiger partial charge in [0.2, 0.25) is 0 Å². The van der Waals surface area contributed by atoms with E-state index >= 15 is 0 Å². The summed E-state index contributed by atoms with van der Waals surface area (Å²) in [6.45, 7) is 1.88. The summed E-state index contributed by atoms with van der Waals surface area (Å²) in [5.74, 6) is 3.18. The normalized spacial score (nSPS) is 39.8. The molecule has 1 aliphatic rings. The molecular weight excluding hydrogens is 140 g/mol. The lowest BCUT2D eigenvalue weighted by Crippen LogP contribution is -2.27. The van der Waals surface area contributed by atoms with Crippen LogP contribution in [0.15, 0.2) is 0 Å². The summed E-state index contributed by atoms with van der Waals surface area (Å²) in [5.41, 5.74) is 0. The highest BCUT2D eigenvalue weighted by Gasteiger charge is 2.23. The molecule has 1 aliphatic heterocycles. The molecule has 3 heteroatoms. The van der Waals surface area contributed by atoms with E-state index in [4.69, 9.17) is 0 Å². The third-order valence-corrected chi connectivity index (χ3v) is 3.89. The van der Waals surface area contributed by atoms with Gasteiger partial charge in [-0.15, -0.1) is 11.8 Å². The van der Waals surface area contributed by atoms with Gasteiger partial charge in [-0.25, -0.2) is 0 Å². The molecule has 8 heavy (non-hydrogen) atoms. The van der Waals surface area contributed by atoms with Crippen LogP contribution >= 0.6 is 23.5 Å². The largest absolute Gasteiger partial charge is 0.379 e. The van der Waals surface area contributed by atoms with Crippen LogP contribution in [0.3, 0.4) is 0 Å². The smallest absolute Gasteiger partial charge is 0.116 e. The Labute approximate surface area is 58.2 Å². The average molecular weight is 150 g/mol. The molecule has 0 amide bonds. The van der Waals surface area contributed by atoms with E-state index in [1.54, 1.807) is 11.8 Å². The molecule has 1 saturated heterocycles. The van der Waals surface area contributed by atoms with Gasteiger partial charge in [0.1, 0.15) is 4.93 Å². The lowest BCUT2D eigenvalue weighted by atomic mass is 10.5. The van der Waals surface area contributed by atoms with Crippen molar-refractivity contribution in [2.24, 2.45) is 0 Å². The second kappa shape index (κ2) is 2.50. The Morgan fingerprint density at radius 2 is 2.25 bits per heavy atom. The molecule has 1 heterocycles. The van der Waals surface area contributed by atoms with Gasteiger partial charge in [0.05, 0.1) is 0 Å². The Balaban J connectivity index is 2.33. The first-order valence-electron chi connectivity index (χ1n) is 2.65. The van der Waals surface area contributed by atoms with Crippen LogP contribution in [0.5, 0.6) is 0 Å². The Hall–Kier alpha value is 0.660. The quantitative estimate of drug-likeness (QED) is 0.560. The Kier molecular flexibility index (Phi) is 2.12. The monoisotopic (exact) mass is 150 g/mol. The Bertz CT molecular complexity index is 74.5. The molecule has 1 rings (SSSR count). The topological polar surface area (TPSA) is 20.2 Å². The highest BCUT2D eigenvalue weighted by molar-refractivity contribution is 8.07. The van der Waals surface area contributed by atoms with Crippen LogP contribution in [0.1, 0.15) is 6.92 Å². The molecule has 0 aromatic rings. The zero-order valence-corrected chi connectivity index (χ0v) is 6.52. The molecule has 0 aliphatic carbocycles. The van der Waals surface area contributed by atoms with E-state index in [1.165, 1.54) is 5.75 Å². The van der Waals surface area contributed by atoms with Crippen LogP contribution in [-0.4, -0.2) is 27.3 Å². The molecule has 0 bridgehead atoms. The van der Waals surface area contributed by atoms with Crippen molar-refractivity contribution in [3.05, 3.63) is 0 Å². The molecule has 0 saturated carbocycles. The summed E-state index contributed by atoms with van der Waals surface area (Å²) in [4.78, 5) is -0.442. The molecule has 0 radical (unpaired) electrons. The van der Waals surface area contributed by atoms with Gasteiger partial charge in [-0.05, 0) is 6.92 Å². The molecule has 1 N–H and O–H groups in total. The maximum absolute atomic E-state index is 9.32. The minimum absolute atomic E-state index is 0.442. The molecule has 1 atom stereocenters. The van der Waals surface area contributed by atoms with Crippen LogP contribution in [0.25, 0.3) is 0 Å². The summed E-state index contributed by atoms with van der Waals surface area (Å²) in [6, 6.07) is 0. The van der Waals surface area contributed by atoms with Crippen LogP contribution in [0.4, 0.5) is 0 Å². The van der Waals surface area contributed by atoms with Crippen molar-refractivity contribution in [3.8, 4) is 0 Å². The van der Waals surface area contributed by atoms with Crippen LogP contribution in [-0.2, 0) is 0 Å². The molecule has 1 nitrogen and oxygen atoms in total. The van der Waals surface area contributed by atoms with Gasteiger partial charge in [-0.3, -0.25) is 0 Å². The van der Waals surface area contributed by atoms with Crippen LogP contribution < -0.4 is 0 Å². The zero-order chi connectivity index (χ0) is 6.04. The van der Waals surface area contributed by atoms with E-state index in [0.29, 0.717) is 0 Å². The number of aliphatic hydroxyl groups is 1. The molecule has 0 aromatic carbocycles. The van der Waals surface area contributed by atoms with E-state index in [1.807, 2.05) is 18.7 Å². The Morgan fingerprint density at radius 3 is 2.50 bits per heavy atom. The Morgan fingerprint density at radius 1 is 1.50 bits per heavy atom. The third-order valence-electron chi connectivity index (χ3n) is 1.01. The van der Waals surface area contributed by atoms with E-state index in [2.05, 4.69) is 0 Å². The van der Waals surface area contributed by atoms with Crippen molar-refractivity contribution in [2.75, 3.05) is 17.3 Å². The second-order valence-corrected chi connectivity index (χ2v) is 4.76. The van der Waals surface area contributed by atoms with Crippen LogP contribution in [0.2, 0.25) is 0 Å².